The third-order valence-corrected chi connectivity index (χ3v) is 5.95. The van der Waals surface area contributed by atoms with Crippen molar-refractivity contribution in [3.8, 4) is 21.8 Å². The minimum absolute atomic E-state index is 0.686. The van der Waals surface area contributed by atoms with Gasteiger partial charge in [-0.1, -0.05) is 12.1 Å². The van der Waals surface area contributed by atoms with Crippen LogP contribution in [-0.2, 0) is 17.6 Å². The number of nitrogens with zero attached hydrogens (tertiary/aromatic N) is 3. The summed E-state index contributed by atoms with van der Waals surface area (Å²) < 4.78 is 2.06. The third kappa shape index (κ3) is 2.50. The minimum atomic E-state index is 0.686. The summed E-state index contributed by atoms with van der Waals surface area (Å²) in [6.45, 7) is 0. The van der Waals surface area contributed by atoms with E-state index in [1.165, 1.54) is 17.0 Å². The summed E-state index contributed by atoms with van der Waals surface area (Å²) in [5, 5.41) is 3.77. The zero-order valence-corrected chi connectivity index (χ0v) is 14.8. The molecule has 1 amide bonds. The molecular weight excluding hydrogens is 344 g/mol. The van der Waals surface area contributed by atoms with E-state index in [0.717, 1.165) is 46.0 Å². The molecule has 0 aliphatic heterocycles. The molecule has 3 aromatic heterocycles. The molecule has 0 fully saturated rings. The van der Waals surface area contributed by atoms with Crippen LogP contribution in [0.3, 0.4) is 0 Å². The lowest BCUT2D eigenvalue weighted by atomic mass is 10.1. The summed E-state index contributed by atoms with van der Waals surface area (Å²) in [6, 6.07) is 11.9. The van der Waals surface area contributed by atoms with Crippen LogP contribution in [0.15, 0.2) is 48.8 Å². The molecule has 5 nitrogen and oxygen atoms in total. The van der Waals surface area contributed by atoms with Gasteiger partial charge in [0.05, 0.1) is 17.6 Å². The van der Waals surface area contributed by atoms with Crippen molar-refractivity contribution in [2.75, 3.05) is 5.32 Å². The summed E-state index contributed by atoms with van der Waals surface area (Å²) in [4.78, 5) is 21.5. The predicted octanol–water partition coefficient (Wildman–Crippen LogP) is 4.18. The summed E-state index contributed by atoms with van der Waals surface area (Å²) in [6.07, 6.45) is 8.08. The number of hydrogen-bond donors (Lipinski definition) is 1. The highest BCUT2D eigenvalue weighted by molar-refractivity contribution is 7.15. The lowest BCUT2D eigenvalue weighted by molar-refractivity contribution is -0.105. The number of carbonyl (C=O) groups is 1. The van der Waals surface area contributed by atoms with Gasteiger partial charge in [-0.05, 0) is 43.5 Å². The summed E-state index contributed by atoms with van der Waals surface area (Å²) in [5.74, 6) is 0. The van der Waals surface area contributed by atoms with Crippen LogP contribution in [0.25, 0.3) is 27.5 Å². The van der Waals surface area contributed by atoms with E-state index in [0.29, 0.717) is 6.41 Å². The average Bonchev–Trinajstić information content (AvgIpc) is 3.36. The number of carbonyl (C=O) groups excluding carboxylic acids is 1. The Kier molecular flexibility index (Phi) is 3.57. The third-order valence-electron chi connectivity index (χ3n) is 4.74. The van der Waals surface area contributed by atoms with Crippen molar-refractivity contribution in [3.63, 3.8) is 0 Å². The van der Waals surface area contributed by atoms with Crippen molar-refractivity contribution in [1.29, 1.82) is 0 Å². The molecule has 1 aliphatic carbocycles. The number of fused-ring (bicyclic) bond motifs is 2. The van der Waals surface area contributed by atoms with E-state index in [1.807, 2.05) is 36.7 Å². The Hall–Kier alpha value is -2.99. The second-order valence-electron chi connectivity index (χ2n) is 6.37. The van der Waals surface area contributed by atoms with Gasteiger partial charge < -0.3 is 5.32 Å². The number of thiazole rings is 1. The number of amides is 1. The fourth-order valence-electron chi connectivity index (χ4n) is 3.48. The highest BCUT2D eigenvalue weighted by atomic mass is 32.1. The van der Waals surface area contributed by atoms with Crippen molar-refractivity contribution in [2.24, 2.45) is 0 Å². The van der Waals surface area contributed by atoms with Crippen LogP contribution in [0.1, 0.15) is 17.0 Å². The van der Waals surface area contributed by atoms with Gasteiger partial charge in [0.25, 0.3) is 0 Å². The Morgan fingerprint density at radius 2 is 2.12 bits per heavy atom. The van der Waals surface area contributed by atoms with Crippen LogP contribution in [-0.4, -0.2) is 20.8 Å². The Labute approximate surface area is 154 Å². The number of anilines is 1. The quantitative estimate of drug-likeness (QED) is 0.555. The Bertz CT molecular complexity index is 1110. The molecule has 128 valence electrons. The number of hydrogen-bond acceptors (Lipinski definition) is 4. The van der Waals surface area contributed by atoms with Crippen LogP contribution in [0.5, 0.6) is 0 Å². The first-order chi connectivity index (χ1) is 12.8. The number of aromatic nitrogens is 3. The zero-order chi connectivity index (χ0) is 17.5. The zero-order valence-electron chi connectivity index (χ0n) is 14.0. The molecule has 0 radical (unpaired) electrons. The van der Waals surface area contributed by atoms with Gasteiger partial charge in [-0.2, -0.15) is 0 Å². The monoisotopic (exact) mass is 360 g/mol. The minimum Gasteiger partial charge on any atom is -0.329 e. The van der Waals surface area contributed by atoms with Gasteiger partial charge in [-0.25, -0.2) is 9.97 Å². The van der Waals surface area contributed by atoms with Gasteiger partial charge in [0.1, 0.15) is 10.7 Å². The molecule has 1 aliphatic rings. The van der Waals surface area contributed by atoms with Crippen molar-refractivity contribution in [3.05, 3.63) is 59.4 Å². The molecule has 0 atom stereocenters. The smallest absolute Gasteiger partial charge is 0.211 e. The molecule has 5 rings (SSSR count). The number of nitrogens with one attached hydrogen (secondary N) is 1. The van der Waals surface area contributed by atoms with E-state index in [2.05, 4.69) is 26.8 Å². The fraction of sp³-hybridized carbons (Fsp3) is 0.150. The van der Waals surface area contributed by atoms with E-state index >= 15 is 0 Å². The standard InChI is InChI=1S/C20H16N4OS/c25-12-22-15-4-1-3-13(9-15)17-11-21-19-10-14(7-8-24(17)19)20-23-16-5-2-6-18(16)26-20/h1,3-4,7-12H,2,5-6H2,(H,22,25). The Balaban J connectivity index is 1.55. The van der Waals surface area contributed by atoms with E-state index in [-0.39, 0.29) is 0 Å². The number of pyridine rings is 1. The molecule has 6 heteroatoms. The molecule has 0 saturated heterocycles. The lowest BCUT2D eigenvalue weighted by Gasteiger charge is -2.05. The van der Waals surface area contributed by atoms with Crippen molar-refractivity contribution >= 4 is 29.1 Å². The van der Waals surface area contributed by atoms with Crippen LogP contribution < -0.4 is 5.32 Å². The molecule has 0 spiro atoms. The second kappa shape index (κ2) is 6.07. The van der Waals surface area contributed by atoms with Gasteiger partial charge in [0, 0.05) is 27.9 Å². The van der Waals surface area contributed by atoms with Crippen molar-refractivity contribution in [1.82, 2.24) is 14.4 Å². The number of rotatable bonds is 4. The highest BCUT2D eigenvalue weighted by Crippen LogP contribution is 2.34. The van der Waals surface area contributed by atoms with Crippen LogP contribution in [0.4, 0.5) is 5.69 Å². The molecule has 3 heterocycles. The first-order valence-corrected chi connectivity index (χ1v) is 9.40. The normalized spacial score (nSPS) is 13.1. The number of imidazole rings is 1. The molecule has 26 heavy (non-hydrogen) atoms. The Morgan fingerprint density at radius 1 is 1.15 bits per heavy atom. The first kappa shape index (κ1) is 15.3. The second-order valence-corrected chi connectivity index (χ2v) is 7.46. The summed E-state index contributed by atoms with van der Waals surface area (Å²) in [5.41, 5.74) is 6.04. The summed E-state index contributed by atoms with van der Waals surface area (Å²) in [7, 11) is 0. The molecular formula is C20H16N4OS. The fourth-order valence-corrected chi connectivity index (χ4v) is 4.62. The lowest BCUT2D eigenvalue weighted by Crippen LogP contribution is -1.94. The van der Waals surface area contributed by atoms with E-state index in [9.17, 15) is 4.79 Å². The molecule has 1 N–H and O–H groups in total. The largest absolute Gasteiger partial charge is 0.329 e. The van der Waals surface area contributed by atoms with Crippen LogP contribution in [0.2, 0.25) is 0 Å². The van der Waals surface area contributed by atoms with E-state index in [1.54, 1.807) is 11.3 Å². The van der Waals surface area contributed by atoms with Gasteiger partial charge in [-0.15, -0.1) is 11.3 Å². The van der Waals surface area contributed by atoms with Gasteiger partial charge >= 0.3 is 0 Å². The van der Waals surface area contributed by atoms with Crippen LogP contribution >= 0.6 is 11.3 Å². The SMILES string of the molecule is O=CNc1cccc(-c2cnc3cc(-c4nc5c(s4)CCC5)ccn23)c1. The van der Waals surface area contributed by atoms with Crippen molar-refractivity contribution < 1.29 is 4.79 Å². The molecule has 1 aromatic carbocycles. The van der Waals surface area contributed by atoms with Crippen LogP contribution in [0, 0.1) is 0 Å². The maximum Gasteiger partial charge on any atom is 0.211 e. The average molecular weight is 360 g/mol. The van der Waals surface area contributed by atoms with Crippen molar-refractivity contribution in [2.45, 2.75) is 19.3 Å². The molecule has 4 aromatic rings. The summed E-state index contributed by atoms with van der Waals surface area (Å²) >= 11 is 1.80. The van der Waals surface area contributed by atoms with Gasteiger partial charge in [-0.3, -0.25) is 9.20 Å². The molecule has 0 bridgehead atoms. The predicted molar refractivity (Wildman–Crippen MR) is 103 cm³/mol. The van der Waals surface area contributed by atoms with E-state index < -0.39 is 0 Å². The highest BCUT2D eigenvalue weighted by Gasteiger charge is 2.18. The molecule has 0 unspecified atom stereocenters. The topological polar surface area (TPSA) is 59.3 Å². The maximum absolute atomic E-state index is 10.7. The maximum atomic E-state index is 10.7. The Morgan fingerprint density at radius 3 is 3.00 bits per heavy atom. The van der Waals surface area contributed by atoms with Gasteiger partial charge in [0.2, 0.25) is 6.41 Å². The number of aryl methyl sites for hydroxylation is 2. The number of benzene rings is 1. The van der Waals surface area contributed by atoms with Gasteiger partial charge in [0.15, 0.2) is 0 Å². The molecule has 0 saturated carbocycles. The van der Waals surface area contributed by atoms with E-state index in [4.69, 9.17) is 4.98 Å². The first-order valence-electron chi connectivity index (χ1n) is 8.58.